The molecule has 0 spiro atoms. The number of methoxy groups -OCH3 is 1. The minimum atomic E-state index is -2.30. The first-order chi connectivity index (χ1) is 16.8. The number of cyclic esters (lactones) is 1. The summed E-state index contributed by atoms with van der Waals surface area (Å²) in [4.78, 5) is 25.1. The van der Waals surface area contributed by atoms with E-state index in [9.17, 15) is 14.7 Å². The van der Waals surface area contributed by atoms with Crippen molar-refractivity contribution in [2.45, 2.75) is 92.0 Å². The molecule has 1 heterocycles. The number of fused-ring (bicyclic) bond motifs is 1. The van der Waals surface area contributed by atoms with Gasteiger partial charge in [0.15, 0.2) is 0 Å². The van der Waals surface area contributed by atoms with Crippen molar-refractivity contribution in [2.75, 3.05) is 20.3 Å². The Morgan fingerprint density at radius 2 is 1.92 bits per heavy atom. The summed E-state index contributed by atoms with van der Waals surface area (Å²) in [5.74, 6) is 0.593. The van der Waals surface area contributed by atoms with E-state index in [2.05, 4.69) is 39.9 Å². The van der Waals surface area contributed by atoms with Crippen LogP contribution in [0.4, 0.5) is 0 Å². The van der Waals surface area contributed by atoms with Crippen LogP contribution >= 0.6 is 0 Å². The summed E-state index contributed by atoms with van der Waals surface area (Å²) in [6.45, 7) is 17.1. The summed E-state index contributed by atoms with van der Waals surface area (Å²) in [6, 6.07) is 0. The fourth-order valence-corrected chi connectivity index (χ4v) is 5.25. The summed E-state index contributed by atoms with van der Waals surface area (Å²) >= 11 is 0. The Labute approximate surface area is 217 Å². The van der Waals surface area contributed by atoms with Crippen molar-refractivity contribution in [2.24, 2.45) is 5.92 Å². The molecule has 0 saturated heterocycles. The largest absolute Gasteiger partial charge is 0.543 e. The van der Waals surface area contributed by atoms with E-state index in [4.69, 9.17) is 18.6 Å². The summed E-state index contributed by atoms with van der Waals surface area (Å²) in [6.07, 6.45) is 4.08. The topological polar surface area (TPSA) is 91.3 Å². The van der Waals surface area contributed by atoms with Gasteiger partial charge in [-0.2, -0.15) is 0 Å². The van der Waals surface area contributed by atoms with Crippen LogP contribution in [0, 0.1) is 12.8 Å². The first-order valence-corrected chi connectivity index (χ1v) is 15.7. The highest BCUT2D eigenvalue weighted by molar-refractivity contribution is 6.74. The molecule has 0 amide bonds. The Morgan fingerprint density at radius 1 is 1.25 bits per heavy atom. The highest BCUT2D eigenvalue weighted by atomic mass is 28.4. The van der Waals surface area contributed by atoms with Crippen LogP contribution in [0.3, 0.4) is 0 Å². The summed E-state index contributed by atoms with van der Waals surface area (Å²) in [7, 11) is -0.670. The van der Waals surface area contributed by atoms with Crippen molar-refractivity contribution in [1.29, 1.82) is 0 Å². The van der Waals surface area contributed by atoms with Gasteiger partial charge in [-0.05, 0) is 69.6 Å². The van der Waals surface area contributed by atoms with Crippen LogP contribution < -0.4 is 9.16 Å². The second-order valence-corrected chi connectivity index (χ2v) is 15.7. The molecule has 0 saturated carbocycles. The van der Waals surface area contributed by atoms with E-state index in [0.29, 0.717) is 42.9 Å². The Kier molecular flexibility index (Phi) is 10.2. The van der Waals surface area contributed by atoms with Gasteiger partial charge in [-0.1, -0.05) is 32.4 Å². The minimum Gasteiger partial charge on any atom is -0.543 e. The number of esters is 2. The first kappa shape index (κ1) is 29.9. The van der Waals surface area contributed by atoms with Gasteiger partial charge in [0.05, 0.1) is 20.1 Å². The lowest BCUT2D eigenvalue weighted by Gasteiger charge is -2.37. The van der Waals surface area contributed by atoms with Crippen molar-refractivity contribution in [1.82, 2.24) is 0 Å². The molecule has 1 aromatic carbocycles. The zero-order valence-corrected chi connectivity index (χ0v) is 24.5. The van der Waals surface area contributed by atoms with Crippen LogP contribution in [-0.4, -0.2) is 45.7 Å². The molecule has 202 valence electrons. The molecule has 1 N–H and O–H groups in total. The molecule has 0 radical (unpaired) electrons. The highest BCUT2D eigenvalue weighted by Crippen LogP contribution is 2.46. The maximum atomic E-state index is 12.9. The zero-order valence-electron chi connectivity index (χ0n) is 23.5. The average molecular weight is 521 g/mol. The molecule has 2 rings (SSSR count). The van der Waals surface area contributed by atoms with Crippen LogP contribution in [0.25, 0.3) is 0 Å². The predicted octanol–water partition coefficient (Wildman–Crippen LogP) is 5.89. The molecule has 0 aromatic heterocycles. The number of carbonyl (C=O) groups excluding carboxylic acids is 2. The van der Waals surface area contributed by atoms with Gasteiger partial charge >= 0.3 is 11.9 Å². The van der Waals surface area contributed by atoms with E-state index in [1.807, 2.05) is 13.8 Å². The maximum absolute atomic E-state index is 12.9. The molecule has 7 nitrogen and oxygen atoms in total. The number of hydrogen-bond acceptors (Lipinski definition) is 7. The molecular formula is C28H44O7Si. The monoisotopic (exact) mass is 520 g/mol. The third kappa shape index (κ3) is 6.71. The zero-order chi connectivity index (χ0) is 27.3. The number of carbonyl (C=O) groups is 2. The SMILES string of the molecule is CCOC(=O)CC(CCCO)/C(C)=C/Cc1c(OC)c(C)c2c(c1O[Si](C)(C)C(C)(C)C)C(=O)OC2. The lowest BCUT2D eigenvalue weighted by molar-refractivity contribution is -0.144. The van der Waals surface area contributed by atoms with E-state index in [1.54, 1.807) is 14.0 Å². The molecule has 8 heteroatoms. The third-order valence-electron chi connectivity index (χ3n) is 7.49. The second kappa shape index (κ2) is 12.3. The van der Waals surface area contributed by atoms with Crippen LogP contribution in [0.2, 0.25) is 18.1 Å². The Hall–Kier alpha value is -2.32. The van der Waals surface area contributed by atoms with Crippen molar-refractivity contribution in [3.8, 4) is 11.5 Å². The fraction of sp³-hybridized carbons (Fsp3) is 0.643. The summed E-state index contributed by atoms with van der Waals surface area (Å²) < 4.78 is 23.2. The lowest BCUT2D eigenvalue weighted by Crippen LogP contribution is -2.44. The smallest absolute Gasteiger partial charge is 0.342 e. The molecule has 1 aromatic rings. The Morgan fingerprint density at radius 3 is 2.47 bits per heavy atom. The quantitative estimate of drug-likeness (QED) is 0.209. The van der Waals surface area contributed by atoms with Gasteiger partial charge in [0.1, 0.15) is 23.7 Å². The van der Waals surface area contributed by atoms with Gasteiger partial charge in [-0.3, -0.25) is 4.79 Å². The molecule has 0 aliphatic carbocycles. The van der Waals surface area contributed by atoms with E-state index >= 15 is 0 Å². The number of rotatable bonds is 12. The van der Waals surface area contributed by atoms with Crippen molar-refractivity contribution >= 4 is 20.3 Å². The molecule has 1 unspecified atom stereocenters. The summed E-state index contributed by atoms with van der Waals surface area (Å²) in [5.41, 5.74) is 4.04. The van der Waals surface area contributed by atoms with Gasteiger partial charge in [-0.25, -0.2) is 4.79 Å². The molecular weight excluding hydrogens is 476 g/mol. The number of allylic oxidation sites excluding steroid dienone is 2. The van der Waals surface area contributed by atoms with Gasteiger partial charge in [0.25, 0.3) is 8.32 Å². The predicted molar refractivity (Wildman–Crippen MR) is 143 cm³/mol. The number of aliphatic hydroxyl groups excluding tert-OH is 1. The van der Waals surface area contributed by atoms with Crippen molar-refractivity contribution in [3.63, 3.8) is 0 Å². The van der Waals surface area contributed by atoms with E-state index in [0.717, 1.165) is 22.3 Å². The van der Waals surface area contributed by atoms with Crippen LogP contribution in [0.1, 0.15) is 80.9 Å². The molecule has 1 atom stereocenters. The van der Waals surface area contributed by atoms with E-state index in [1.165, 1.54) is 0 Å². The van der Waals surface area contributed by atoms with E-state index in [-0.39, 0.29) is 42.5 Å². The van der Waals surface area contributed by atoms with E-state index < -0.39 is 8.32 Å². The fourth-order valence-electron chi connectivity index (χ4n) is 4.21. The average Bonchev–Trinajstić information content (AvgIpc) is 3.18. The Balaban J connectivity index is 2.59. The maximum Gasteiger partial charge on any atom is 0.342 e. The second-order valence-electron chi connectivity index (χ2n) is 11.0. The highest BCUT2D eigenvalue weighted by Gasteiger charge is 2.42. The van der Waals surface area contributed by atoms with Gasteiger partial charge < -0.3 is 23.7 Å². The molecule has 0 bridgehead atoms. The lowest BCUT2D eigenvalue weighted by atomic mass is 9.89. The minimum absolute atomic E-state index is 0.0487. The molecule has 0 fully saturated rings. The van der Waals surface area contributed by atoms with Crippen molar-refractivity contribution < 1.29 is 33.3 Å². The molecule has 1 aliphatic heterocycles. The number of hydrogen-bond donors (Lipinski definition) is 1. The van der Waals surface area contributed by atoms with Gasteiger partial charge in [0.2, 0.25) is 0 Å². The van der Waals surface area contributed by atoms with Crippen molar-refractivity contribution in [3.05, 3.63) is 33.9 Å². The van der Waals surface area contributed by atoms with Crippen LogP contribution in [0.5, 0.6) is 11.5 Å². The molecule has 1 aliphatic rings. The van der Waals surface area contributed by atoms with Gasteiger partial charge in [0, 0.05) is 17.7 Å². The van der Waals surface area contributed by atoms with Gasteiger partial charge in [-0.15, -0.1) is 0 Å². The number of benzene rings is 1. The van der Waals surface area contributed by atoms with Crippen LogP contribution in [-0.2, 0) is 27.3 Å². The first-order valence-electron chi connectivity index (χ1n) is 12.8. The molecule has 36 heavy (non-hydrogen) atoms. The third-order valence-corrected chi connectivity index (χ3v) is 11.8. The Bertz CT molecular complexity index is 989. The number of ether oxygens (including phenoxy) is 3. The standard InChI is InChI=1S/C28H44O7Si/c1-10-33-23(30)16-20(12-11-15-29)18(2)13-14-21-25(32-7)19(3)22-17-34-27(31)24(22)26(21)35-36(8,9)28(4,5)6/h13,20,29H,10-12,14-17H2,1-9H3/b18-13+. The summed E-state index contributed by atoms with van der Waals surface area (Å²) in [5, 5.41) is 9.29. The number of aliphatic hydroxyl groups is 1. The van der Waals surface area contributed by atoms with Crippen LogP contribution in [0.15, 0.2) is 11.6 Å². The normalized spacial score (nSPS) is 14.8.